The van der Waals surface area contributed by atoms with Crippen LogP contribution in [0.5, 0.6) is 0 Å². The van der Waals surface area contributed by atoms with Gasteiger partial charge in [-0.05, 0) is 80.3 Å². The number of anilines is 2. The minimum atomic E-state index is -0.411. The number of carbonyl (C=O) groups excluding carboxylic acids is 3. The number of hydrogen-bond donors (Lipinski definition) is 3. The van der Waals surface area contributed by atoms with E-state index in [0.717, 1.165) is 11.1 Å². The van der Waals surface area contributed by atoms with Gasteiger partial charge < -0.3 is 20.5 Å². The second-order valence-corrected chi connectivity index (χ2v) is 10.4. The maximum Gasteiger partial charge on any atom is 0.274 e. The van der Waals surface area contributed by atoms with Gasteiger partial charge in [-0.25, -0.2) is 9.38 Å². The number of aromatic nitrogens is 1. The molecule has 0 bridgehead atoms. The molecule has 3 aromatic rings. The summed E-state index contributed by atoms with van der Waals surface area (Å²) >= 11 is 0. The topological polar surface area (TPSA) is 107 Å². The molecule has 4 rings (SSSR count). The zero-order valence-corrected chi connectivity index (χ0v) is 24.3. The molecule has 9 heteroatoms. The Morgan fingerprint density at radius 3 is 2.33 bits per heavy atom. The molecule has 0 aliphatic carbocycles. The van der Waals surface area contributed by atoms with Crippen molar-refractivity contribution in [3.05, 3.63) is 107 Å². The summed E-state index contributed by atoms with van der Waals surface area (Å²) in [6.45, 7) is 8.34. The number of halogens is 1. The fraction of sp³-hybridized carbons (Fsp3) is 0.273. The first-order valence-corrected chi connectivity index (χ1v) is 14.0. The lowest BCUT2D eigenvalue weighted by molar-refractivity contribution is -0.116. The Bertz CT molecular complexity index is 1520. The summed E-state index contributed by atoms with van der Waals surface area (Å²) in [4.78, 5) is 48.2. The number of amides is 3. The van der Waals surface area contributed by atoms with Gasteiger partial charge in [0.1, 0.15) is 17.2 Å². The third-order valence-corrected chi connectivity index (χ3v) is 7.26. The van der Waals surface area contributed by atoms with Crippen LogP contribution in [0.2, 0.25) is 0 Å². The van der Waals surface area contributed by atoms with Gasteiger partial charge >= 0.3 is 0 Å². The largest absolute Gasteiger partial charge is 0.357 e. The van der Waals surface area contributed by atoms with Crippen LogP contribution in [0.25, 0.3) is 0 Å². The van der Waals surface area contributed by atoms with E-state index >= 15 is 0 Å². The molecule has 3 amide bonds. The number of nitrogens with zero attached hydrogens (tertiary/aromatic N) is 2. The van der Waals surface area contributed by atoms with E-state index in [4.69, 9.17) is 4.99 Å². The Kier molecular flexibility index (Phi) is 9.85. The summed E-state index contributed by atoms with van der Waals surface area (Å²) in [5.41, 5.74) is 5.08. The van der Waals surface area contributed by atoms with Crippen molar-refractivity contribution in [2.24, 2.45) is 10.9 Å². The molecule has 1 aliphatic rings. The molecule has 2 heterocycles. The predicted octanol–water partition coefficient (Wildman–Crippen LogP) is 6.14. The summed E-state index contributed by atoms with van der Waals surface area (Å²) in [5, 5.41) is 5.72. The molecular weight excluding hydrogens is 533 g/mol. The predicted molar refractivity (Wildman–Crippen MR) is 164 cm³/mol. The van der Waals surface area contributed by atoms with Crippen molar-refractivity contribution in [1.29, 1.82) is 0 Å². The Labute approximate surface area is 245 Å². The van der Waals surface area contributed by atoms with E-state index in [2.05, 4.69) is 15.6 Å². The van der Waals surface area contributed by atoms with Crippen molar-refractivity contribution in [1.82, 2.24) is 9.88 Å². The molecule has 0 spiro atoms. The van der Waals surface area contributed by atoms with Gasteiger partial charge in [-0.2, -0.15) is 0 Å². The Morgan fingerprint density at radius 2 is 1.71 bits per heavy atom. The Hall–Kier alpha value is -4.79. The van der Waals surface area contributed by atoms with Gasteiger partial charge in [0.2, 0.25) is 5.91 Å². The summed E-state index contributed by atoms with van der Waals surface area (Å²) in [7, 11) is 0. The summed E-state index contributed by atoms with van der Waals surface area (Å²) < 4.78 is 13.3. The van der Waals surface area contributed by atoms with Crippen LogP contribution in [0.15, 0.2) is 94.8 Å². The van der Waals surface area contributed by atoms with Crippen LogP contribution in [-0.4, -0.2) is 46.4 Å². The van der Waals surface area contributed by atoms with Gasteiger partial charge in [0.15, 0.2) is 0 Å². The summed E-state index contributed by atoms with van der Waals surface area (Å²) in [6, 6.07) is 16.6. The minimum Gasteiger partial charge on any atom is -0.357 e. The van der Waals surface area contributed by atoms with Crippen LogP contribution >= 0.6 is 0 Å². The van der Waals surface area contributed by atoms with Crippen molar-refractivity contribution >= 4 is 34.8 Å². The average molecular weight is 570 g/mol. The number of allylic oxidation sites excluding steroid dienone is 2. The standard InChI is InChI=1S/C33H36FN5O3/c1-5-30(40)37-26-14-16-27(17-15-26)38-32(41)31(36-22(3)8-9-24-10-12-25(34)13-11-24)28-20-39(19-21(2)23(28)4)33(42)29-7-6-18-35-29/h6-8,10-18,21,35H,5,9,19-20H2,1-4H3,(H,37,40)(H,38,41)/b22-8-,36-31+. The van der Waals surface area contributed by atoms with E-state index in [9.17, 15) is 18.8 Å². The first-order chi connectivity index (χ1) is 20.1. The lowest BCUT2D eigenvalue weighted by atomic mass is 9.89. The maximum atomic E-state index is 13.8. The fourth-order valence-electron chi connectivity index (χ4n) is 4.64. The van der Waals surface area contributed by atoms with E-state index in [1.165, 1.54) is 12.1 Å². The van der Waals surface area contributed by atoms with Crippen molar-refractivity contribution in [3.63, 3.8) is 0 Å². The van der Waals surface area contributed by atoms with Crippen molar-refractivity contribution in [2.75, 3.05) is 23.7 Å². The zero-order chi connectivity index (χ0) is 30.2. The third kappa shape index (κ3) is 7.69. The molecule has 1 unspecified atom stereocenters. The number of aliphatic imine (C=N–C) groups is 1. The highest BCUT2D eigenvalue weighted by molar-refractivity contribution is 6.49. The Balaban J connectivity index is 1.64. The van der Waals surface area contributed by atoms with Gasteiger partial charge in [0.25, 0.3) is 11.8 Å². The third-order valence-electron chi connectivity index (χ3n) is 7.26. The van der Waals surface area contributed by atoms with Gasteiger partial charge in [0, 0.05) is 48.4 Å². The molecule has 1 aliphatic heterocycles. The van der Waals surface area contributed by atoms with Gasteiger partial charge in [-0.1, -0.05) is 37.6 Å². The van der Waals surface area contributed by atoms with E-state index in [-0.39, 0.29) is 35.8 Å². The summed E-state index contributed by atoms with van der Waals surface area (Å²) in [6.07, 6.45) is 4.47. The van der Waals surface area contributed by atoms with E-state index in [1.807, 2.05) is 26.8 Å². The Morgan fingerprint density at radius 1 is 1.05 bits per heavy atom. The number of hydrogen-bond acceptors (Lipinski definition) is 4. The molecule has 0 radical (unpaired) electrons. The molecule has 42 heavy (non-hydrogen) atoms. The lowest BCUT2D eigenvalue weighted by Crippen LogP contribution is -2.43. The minimum absolute atomic E-state index is 0.00984. The van der Waals surface area contributed by atoms with Crippen LogP contribution in [-0.2, 0) is 16.0 Å². The van der Waals surface area contributed by atoms with Gasteiger partial charge in [0.05, 0.1) is 0 Å². The molecule has 2 aromatic carbocycles. The number of nitrogens with one attached hydrogen (secondary N) is 3. The highest BCUT2D eigenvalue weighted by Crippen LogP contribution is 2.27. The van der Waals surface area contributed by atoms with E-state index < -0.39 is 5.91 Å². The molecule has 0 fully saturated rings. The molecule has 8 nitrogen and oxygen atoms in total. The highest BCUT2D eigenvalue weighted by Gasteiger charge is 2.31. The van der Waals surface area contributed by atoms with E-state index in [1.54, 1.807) is 66.6 Å². The number of H-pyrrole nitrogens is 1. The van der Waals surface area contributed by atoms with Crippen LogP contribution in [0.1, 0.15) is 50.2 Å². The monoisotopic (exact) mass is 569 g/mol. The van der Waals surface area contributed by atoms with E-state index in [0.29, 0.717) is 47.7 Å². The second-order valence-electron chi connectivity index (χ2n) is 10.4. The van der Waals surface area contributed by atoms with Crippen molar-refractivity contribution in [3.8, 4) is 0 Å². The fourth-order valence-corrected chi connectivity index (χ4v) is 4.64. The van der Waals surface area contributed by atoms with Crippen molar-refractivity contribution < 1.29 is 18.8 Å². The molecule has 3 N–H and O–H groups in total. The number of aromatic amines is 1. The van der Waals surface area contributed by atoms with Crippen LogP contribution < -0.4 is 10.6 Å². The lowest BCUT2D eigenvalue weighted by Gasteiger charge is -2.34. The van der Waals surface area contributed by atoms with Crippen molar-refractivity contribution in [2.45, 2.75) is 40.5 Å². The quantitative estimate of drug-likeness (QED) is 0.270. The molecular formula is C33H36FN5O3. The first-order valence-electron chi connectivity index (χ1n) is 14.0. The zero-order valence-electron chi connectivity index (χ0n) is 24.3. The number of benzene rings is 2. The number of carbonyl (C=O) groups is 3. The van der Waals surface area contributed by atoms with Crippen LogP contribution in [0.3, 0.4) is 0 Å². The molecule has 1 atom stereocenters. The van der Waals surface area contributed by atoms with Crippen LogP contribution in [0.4, 0.5) is 15.8 Å². The molecule has 0 saturated carbocycles. The van der Waals surface area contributed by atoms with Crippen LogP contribution in [0, 0.1) is 11.7 Å². The smallest absolute Gasteiger partial charge is 0.274 e. The highest BCUT2D eigenvalue weighted by atomic mass is 19.1. The first kappa shape index (κ1) is 30.2. The molecule has 0 saturated heterocycles. The maximum absolute atomic E-state index is 13.8. The SMILES string of the molecule is CCC(=O)Nc1ccc(NC(=O)/C(=N/C(C)=C\Cc2ccc(F)cc2)C2=C(C)C(C)CN(C(=O)c3ccc[nH]3)C2)cc1. The normalized spacial score (nSPS) is 15.9. The average Bonchev–Trinajstić information content (AvgIpc) is 3.53. The second kappa shape index (κ2) is 13.7. The molecule has 218 valence electrons. The van der Waals surface area contributed by atoms with Gasteiger partial charge in [-0.3, -0.25) is 14.4 Å². The number of rotatable bonds is 9. The molecule has 1 aromatic heterocycles. The van der Waals surface area contributed by atoms with Gasteiger partial charge in [-0.15, -0.1) is 0 Å². The summed E-state index contributed by atoms with van der Waals surface area (Å²) in [5.74, 6) is -0.952.